The molecule has 1 atom stereocenters. The highest BCUT2D eigenvalue weighted by molar-refractivity contribution is 5.77. The maximum Gasteiger partial charge on any atom is 0.224 e. The first-order valence-electron chi connectivity index (χ1n) is 8.04. The van der Waals surface area contributed by atoms with Crippen molar-refractivity contribution in [1.29, 1.82) is 0 Å². The average Bonchev–Trinajstić information content (AvgIpc) is 2.91. The van der Waals surface area contributed by atoms with Gasteiger partial charge in [-0.25, -0.2) is 8.78 Å². The van der Waals surface area contributed by atoms with Crippen molar-refractivity contribution in [3.05, 3.63) is 58.9 Å². The third-order valence-corrected chi connectivity index (χ3v) is 4.55. The zero-order valence-corrected chi connectivity index (χ0v) is 13.6. The van der Waals surface area contributed by atoms with Crippen molar-refractivity contribution in [2.24, 2.45) is 12.8 Å². The monoisotopic (exact) mass is 333 g/mol. The van der Waals surface area contributed by atoms with Gasteiger partial charge in [0.1, 0.15) is 11.6 Å². The van der Waals surface area contributed by atoms with Gasteiger partial charge in [-0.05, 0) is 41.8 Å². The fraction of sp³-hybridized carbons (Fsp3) is 0.389. The smallest absolute Gasteiger partial charge is 0.224 e. The Morgan fingerprint density at radius 2 is 2.12 bits per heavy atom. The fourth-order valence-electron chi connectivity index (χ4n) is 3.24. The number of benzene rings is 1. The van der Waals surface area contributed by atoms with Crippen LogP contribution >= 0.6 is 0 Å². The summed E-state index contributed by atoms with van der Waals surface area (Å²) >= 11 is 0. The SMILES string of the molecule is Cn1ccc2c1CCN(C(=O)C[C@H](N)Cc1cc(F)ccc1F)C2. The number of hydrogen-bond acceptors (Lipinski definition) is 2. The number of halogens is 2. The number of aryl methyl sites for hydroxylation is 1. The molecule has 1 aromatic heterocycles. The molecule has 24 heavy (non-hydrogen) atoms. The summed E-state index contributed by atoms with van der Waals surface area (Å²) < 4.78 is 29.0. The van der Waals surface area contributed by atoms with Gasteiger partial charge in [-0.3, -0.25) is 4.79 Å². The number of carbonyl (C=O) groups excluding carboxylic acids is 1. The van der Waals surface area contributed by atoms with E-state index in [1.165, 1.54) is 5.69 Å². The average molecular weight is 333 g/mol. The maximum atomic E-state index is 13.7. The lowest BCUT2D eigenvalue weighted by Crippen LogP contribution is -2.39. The fourth-order valence-corrected chi connectivity index (χ4v) is 3.24. The van der Waals surface area contributed by atoms with Crippen LogP contribution in [0.15, 0.2) is 30.5 Å². The topological polar surface area (TPSA) is 51.3 Å². The lowest BCUT2D eigenvalue weighted by atomic mass is 10.0. The van der Waals surface area contributed by atoms with Crippen LogP contribution in [0.3, 0.4) is 0 Å². The maximum absolute atomic E-state index is 13.7. The molecule has 1 aliphatic heterocycles. The predicted octanol–water partition coefficient (Wildman–Crippen LogP) is 2.15. The van der Waals surface area contributed by atoms with Crippen molar-refractivity contribution in [2.75, 3.05) is 6.54 Å². The van der Waals surface area contributed by atoms with E-state index in [2.05, 4.69) is 4.57 Å². The second-order valence-electron chi connectivity index (χ2n) is 6.37. The molecule has 4 nitrogen and oxygen atoms in total. The minimum absolute atomic E-state index is 0.0474. The molecule has 2 N–H and O–H groups in total. The Labute approximate surface area is 139 Å². The summed E-state index contributed by atoms with van der Waals surface area (Å²) in [6, 6.07) is 4.78. The van der Waals surface area contributed by atoms with E-state index in [4.69, 9.17) is 5.73 Å². The minimum atomic E-state index is -0.536. The Bertz CT molecular complexity index is 757. The van der Waals surface area contributed by atoms with Gasteiger partial charge >= 0.3 is 0 Å². The van der Waals surface area contributed by atoms with Gasteiger partial charge in [0, 0.05) is 50.9 Å². The van der Waals surface area contributed by atoms with Gasteiger partial charge in [-0.2, -0.15) is 0 Å². The summed E-state index contributed by atoms with van der Waals surface area (Å²) in [5, 5.41) is 0. The van der Waals surface area contributed by atoms with E-state index >= 15 is 0 Å². The first-order valence-corrected chi connectivity index (χ1v) is 8.04. The molecule has 0 radical (unpaired) electrons. The molecule has 2 heterocycles. The first kappa shape index (κ1) is 16.6. The number of nitrogens with zero attached hydrogens (tertiary/aromatic N) is 2. The van der Waals surface area contributed by atoms with Crippen LogP contribution in [0, 0.1) is 11.6 Å². The summed E-state index contributed by atoms with van der Waals surface area (Å²) in [5.41, 5.74) is 8.61. The molecule has 0 bridgehead atoms. The van der Waals surface area contributed by atoms with Gasteiger partial charge in [0.2, 0.25) is 5.91 Å². The van der Waals surface area contributed by atoms with E-state index in [0.717, 1.165) is 30.2 Å². The number of fused-ring (bicyclic) bond motifs is 1. The van der Waals surface area contributed by atoms with Crippen molar-refractivity contribution in [3.63, 3.8) is 0 Å². The zero-order chi connectivity index (χ0) is 17.3. The molecule has 0 saturated carbocycles. The van der Waals surface area contributed by atoms with Crippen LogP contribution < -0.4 is 5.73 Å². The van der Waals surface area contributed by atoms with Crippen LogP contribution in [-0.2, 0) is 31.2 Å². The second kappa shape index (κ2) is 6.73. The van der Waals surface area contributed by atoms with Crippen LogP contribution in [0.4, 0.5) is 8.78 Å². The van der Waals surface area contributed by atoms with E-state index in [9.17, 15) is 13.6 Å². The van der Waals surface area contributed by atoms with Crippen molar-refractivity contribution < 1.29 is 13.6 Å². The molecule has 0 saturated heterocycles. The minimum Gasteiger partial charge on any atom is -0.354 e. The number of hydrogen-bond donors (Lipinski definition) is 1. The van der Waals surface area contributed by atoms with E-state index in [1.54, 1.807) is 4.90 Å². The van der Waals surface area contributed by atoms with E-state index in [0.29, 0.717) is 13.1 Å². The molecule has 0 aliphatic carbocycles. The van der Waals surface area contributed by atoms with Gasteiger partial charge < -0.3 is 15.2 Å². The summed E-state index contributed by atoms with van der Waals surface area (Å²) in [5.74, 6) is -1.04. The largest absolute Gasteiger partial charge is 0.354 e. The first-order chi connectivity index (χ1) is 11.4. The van der Waals surface area contributed by atoms with Gasteiger partial charge in [0.25, 0.3) is 0 Å². The van der Waals surface area contributed by atoms with E-state index in [1.807, 2.05) is 19.3 Å². The molecule has 0 spiro atoms. The van der Waals surface area contributed by atoms with Crippen molar-refractivity contribution in [3.8, 4) is 0 Å². The van der Waals surface area contributed by atoms with Crippen molar-refractivity contribution in [1.82, 2.24) is 9.47 Å². The Morgan fingerprint density at radius 3 is 2.92 bits per heavy atom. The summed E-state index contributed by atoms with van der Waals surface area (Å²) in [4.78, 5) is 14.2. The Kier molecular flexibility index (Phi) is 4.66. The molecule has 1 aliphatic rings. The normalized spacial score (nSPS) is 15.2. The van der Waals surface area contributed by atoms with Crippen LogP contribution in [-0.4, -0.2) is 28.0 Å². The number of rotatable bonds is 4. The van der Waals surface area contributed by atoms with Gasteiger partial charge in [-0.15, -0.1) is 0 Å². The molecule has 1 amide bonds. The highest BCUT2D eigenvalue weighted by Gasteiger charge is 2.24. The van der Waals surface area contributed by atoms with Gasteiger partial charge in [-0.1, -0.05) is 0 Å². The lowest BCUT2D eigenvalue weighted by molar-refractivity contribution is -0.132. The number of aromatic nitrogens is 1. The Morgan fingerprint density at radius 1 is 1.33 bits per heavy atom. The molecule has 1 aromatic carbocycles. The molecule has 2 aromatic rings. The zero-order valence-electron chi connectivity index (χ0n) is 13.6. The highest BCUT2D eigenvalue weighted by Crippen LogP contribution is 2.20. The Hall–Kier alpha value is -2.21. The molecular formula is C18H21F2N3O. The standard InChI is InChI=1S/C18H21F2N3O/c1-22-6-4-12-11-23(7-5-17(12)22)18(24)10-15(21)9-13-8-14(19)2-3-16(13)20/h2-4,6,8,15H,5,7,9-11,21H2,1H3/t15-/m1/s1. The lowest BCUT2D eigenvalue weighted by Gasteiger charge is -2.28. The molecule has 0 fully saturated rings. The third-order valence-electron chi connectivity index (χ3n) is 4.55. The quantitative estimate of drug-likeness (QED) is 0.932. The van der Waals surface area contributed by atoms with Crippen LogP contribution in [0.25, 0.3) is 0 Å². The molecule has 3 rings (SSSR count). The van der Waals surface area contributed by atoms with E-state index in [-0.39, 0.29) is 24.3 Å². The molecule has 0 unspecified atom stereocenters. The second-order valence-corrected chi connectivity index (χ2v) is 6.37. The van der Waals surface area contributed by atoms with Gasteiger partial charge in [0.15, 0.2) is 0 Å². The van der Waals surface area contributed by atoms with Crippen molar-refractivity contribution in [2.45, 2.75) is 31.8 Å². The Balaban J connectivity index is 1.59. The number of nitrogens with two attached hydrogens (primary N) is 1. The van der Waals surface area contributed by atoms with Crippen LogP contribution in [0.5, 0.6) is 0 Å². The molecular weight excluding hydrogens is 312 g/mol. The number of carbonyl (C=O) groups is 1. The summed E-state index contributed by atoms with van der Waals surface area (Å²) in [7, 11) is 2.00. The van der Waals surface area contributed by atoms with E-state index < -0.39 is 17.7 Å². The predicted molar refractivity (Wildman–Crippen MR) is 87.2 cm³/mol. The third kappa shape index (κ3) is 3.48. The highest BCUT2D eigenvalue weighted by atomic mass is 19.1. The molecule has 6 heteroatoms. The van der Waals surface area contributed by atoms with Crippen LogP contribution in [0.1, 0.15) is 23.2 Å². The van der Waals surface area contributed by atoms with Gasteiger partial charge in [0.05, 0.1) is 0 Å². The summed E-state index contributed by atoms with van der Waals surface area (Å²) in [6.07, 6.45) is 3.08. The number of amides is 1. The van der Waals surface area contributed by atoms with Crippen LogP contribution in [0.2, 0.25) is 0 Å². The molecule has 128 valence electrons. The summed E-state index contributed by atoms with van der Waals surface area (Å²) in [6.45, 7) is 1.24. The van der Waals surface area contributed by atoms with Crippen molar-refractivity contribution >= 4 is 5.91 Å².